The summed E-state index contributed by atoms with van der Waals surface area (Å²) in [5, 5.41) is 14.7. The van der Waals surface area contributed by atoms with Crippen LogP contribution in [-0.4, -0.2) is 42.5 Å². The Bertz CT molecular complexity index is 203. The number of rotatable bonds is 4. The van der Waals surface area contributed by atoms with Gasteiger partial charge in [-0.2, -0.15) is 0 Å². The van der Waals surface area contributed by atoms with Crippen molar-refractivity contribution in [2.75, 3.05) is 13.2 Å². The van der Waals surface area contributed by atoms with Crippen LogP contribution < -0.4 is 10.6 Å². The quantitative estimate of drug-likeness (QED) is 0.630. The number of aliphatic hydroxyl groups is 1. The van der Waals surface area contributed by atoms with Gasteiger partial charge in [0.25, 0.3) is 0 Å². The van der Waals surface area contributed by atoms with E-state index < -0.39 is 6.10 Å². The van der Waals surface area contributed by atoms with Gasteiger partial charge in [-0.1, -0.05) is 0 Å². The van der Waals surface area contributed by atoms with E-state index in [4.69, 9.17) is 9.84 Å². The van der Waals surface area contributed by atoms with Gasteiger partial charge in [-0.05, 0) is 26.7 Å². The molecule has 1 heterocycles. The summed E-state index contributed by atoms with van der Waals surface area (Å²) in [5.41, 5.74) is 0. The van der Waals surface area contributed by atoms with Crippen LogP contribution in [0, 0.1) is 0 Å². The average molecular weight is 216 g/mol. The van der Waals surface area contributed by atoms with Crippen LogP contribution in [0.15, 0.2) is 0 Å². The lowest BCUT2D eigenvalue weighted by atomic mass is 10.1. The van der Waals surface area contributed by atoms with Gasteiger partial charge in [0.05, 0.1) is 18.8 Å². The number of carbonyl (C=O) groups is 1. The average Bonchev–Trinajstić information content (AvgIpc) is 2.53. The lowest BCUT2D eigenvalue weighted by Gasteiger charge is -2.17. The predicted molar refractivity (Wildman–Crippen MR) is 56.7 cm³/mol. The lowest BCUT2D eigenvalue weighted by molar-refractivity contribution is 0.169. The highest BCUT2D eigenvalue weighted by Crippen LogP contribution is 2.03. The number of hydrogen-bond acceptors (Lipinski definition) is 3. The number of amides is 2. The van der Waals surface area contributed by atoms with Crippen molar-refractivity contribution in [3.05, 3.63) is 0 Å². The zero-order valence-electron chi connectivity index (χ0n) is 9.32. The number of carbonyl (C=O) groups excluding carboxylic acids is 1. The molecule has 0 bridgehead atoms. The molecule has 3 atom stereocenters. The molecule has 1 aliphatic heterocycles. The number of hydrogen-bond donors (Lipinski definition) is 3. The number of nitrogens with one attached hydrogen (secondary N) is 2. The Hall–Kier alpha value is -0.810. The molecule has 0 radical (unpaired) electrons. The largest absolute Gasteiger partial charge is 0.393 e. The molecular weight excluding hydrogens is 196 g/mol. The van der Waals surface area contributed by atoms with Crippen molar-refractivity contribution in [3.63, 3.8) is 0 Å². The van der Waals surface area contributed by atoms with Crippen LogP contribution in [0.2, 0.25) is 0 Å². The van der Waals surface area contributed by atoms with Crippen molar-refractivity contribution >= 4 is 6.03 Å². The molecule has 1 fully saturated rings. The Morgan fingerprint density at radius 2 is 2.33 bits per heavy atom. The molecule has 3 unspecified atom stereocenters. The minimum Gasteiger partial charge on any atom is -0.393 e. The monoisotopic (exact) mass is 216 g/mol. The standard InChI is InChI=1S/C10H20N2O3/c1-7(5-8(2)13)11-10(14)12-9-3-4-15-6-9/h7-9,13H,3-6H2,1-2H3,(H2,11,12,14). The first kappa shape index (κ1) is 12.3. The molecule has 0 aromatic rings. The van der Waals surface area contributed by atoms with Crippen LogP contribution in [-0.2, 0) is 4.74 Å². The third-order valence-electron chi connectivity index (χ3n) is 2.34. The molecule has 1 saturated heterocycles. The van der Waals surface area contributed by atoms with E-state index in [-0.39, 0.29) is 18.1 Å². The Labute approximate surface area is 90.2 Å². The van der Waals surface area contributed by atoms with Crippen molar-refractivity contribution in [3.8, 4) is 0 Å². The highest BCUT2D eigenvalue weighted by atomic mass is 16.5. The van der Waals surface area contributed by atoms with Crippen LogP contribution >= 0.6 is 0 Å². The highest BCUT2D eigenvalue weighted by Gasteiger charge is 2.18. The van der Waals surface area contributed by atoms with E-state index in [0.29, 0.717) is 19.6 Å². The Morgan fingerprint density at radius 3 is 2.87 bits per heavy atom. The third-order valence-corrected chi connectivity index (χ3v) is 2.34. The molecule has 2 amide bonds. The van der Waals surface area contributed by atoms with E-state index in [0.717, 1.165) is 6.42 Å². The van der Waals surface area contributed by atoms with E-state index in [1.165, 1.54) is 0 Å². The molecule has 88 valence electrons. The topological polar surface area (TPSA) is 70.6 Å². The van der Waals surface area contributed by atoms with Gasteiger partial charge in [-0.15, -0.1) is 0 Å². The van der Waals surface area contributed by atoms with Crippen LogP contribution in [0.5, 0.6) is 0 Å². The van der Waals surface area contributed by atoms with Crippen molar-refractivity contribution < 1.29 is 14.6 Å². The summed E-state index contributed by atoms with van der Waals surface area (Å²) in [5.74, 6) is 0. The molecule has 3 N–H and O–H groups in total. The zero-order valence-corrected chi connectivity index (χ0v) is 9.32. The van der Waals surface area contributed by atoms with E-state index in [1.54, 1.807) is 6.92 Å². The third kappa shape index (κ3) is 4.99. The summed E-state index contributed by atoms with van der Waals surface area (Å²) in [6.45, 7) is 4.89. The first-order valence-electron chi connectivity index (χ1n) is 5.40. The number of ether oxygens (including phenoxy) is 1. The molecular formula is C10H20N2O3. The minimum atomic E-state index is -0.393. The van der Waals surface area contributed by atoms with Gasteiger partial charge < -0.3 is 20.5 Å². The minimum absolute atomic E-state index is 0.0210. The Balaban J connectivity index is 2.16. The van der Waals surface area contributed by atoms with Crippen molar-refractivity contribution in [2.45, 2.75) is 44.9 Å². The Morgan fingerprint density at radius 1 is 1.60 bits per heavy atom. The summed E-state index contributed by atoms with van der Waals surface area (Å²) < 4.78 is 5.15. The fourth-order valence-electron chi connectivity index (χ4n) is 1.67. The molecule has 5 nitrogen and oxygen atoms in total. The van der Waals surface area contributed by atoms with Gasteiger partial charge in [0.2, 0.25) is 0 Å². The summed E-state index contributed by atoms with van der Waals surface area (Å²) in [7, 11) is 0. The normalized spacial score (nSPS) is 24.6. The second-order valence-corrected chi connectivity index (χ2v) is 4.16. The smallest absolute Gasteiger partial charge is 0.315 e. The van der Waals surface area contributed by atoms with Crippen molar-refractivity contribution in [2.24, 2.45) is 0 Å². The predicted octanol–water partition coefficient (Wildman–Crippen LogP) is 0.234. The van der Waals surface area contributed by atoms with Gasteiger partial charge in [-0.3, -0.25) is 0 Å². The van der Waals surface area contributed by atoms with Gasteiger partial charge in [0, 0.05) is 12.6 Å². The van der Waals surface area contributed by atoms with Gasteiger partial charge in [0.15, 0.2) is 0 Å². The first-order valence-corrected chi connectivity index (χ1v) is 5.40. The number of urea groups is 1. The molecule has 0 spiro atoms. The SMILES string of the molecule is CC(O)CC(C)NC(=O)NC1CCOC1. The van der Waals surface area contributed by atoms with E-state index in [9.17, 15) is 4.79 Å². The van der Waals surface area contributed by atoms with E-state index in [2.05, 4.69) is 10.6 Å². The summed E-state index contributed by atoms with van der Waals surface area (Å²) in [6.07, 6.45) is 1.04. The molecule has 0 aliphatic carbocycles. The molecule has 0 aromatic carbocycles. The number of aliphatic hydroxyl groups excluding tert-OH is 1. The van der Waals surface area contributed by atoms with E-state index in [1.807, 2.05) is 6.92 Å². The van der Waals surface area contributed by atoms with E-state index >= 15 is 0 Å². The molecule has 15 heavy (non-hydrogen) atoms. The lowest BCUT2D eigenvalue weighted by Crippen LogP contribution is -2.46. The summed E-state index contributed by atoms with van der Waals surface area (Å²) in [6, 6.07) is -0.0743. The first-order chi connectivity index (χ1) is 7.08. The second-order valence-electron chi connectivity index (χ2n) is 4.16. The molecule has 0 aromatic heterocycles. The molecule has 1 rings (SSSR count). The van der Waals surface area contributed by atoms with Crippen LogP contribution in [0.25, 0.3) is 0 Å². The Kier molecular flexibility index (Phi) is 4.84. The molecule has 1 aliphatic rings. The van der Waals surface area contributed by atoms with Gasteiger partial charge in [0.1, 0.15) is 0 Å². The van der Waals surface area contributed by atoms with Crippen molar-refractivity contribution in [1.82, 2.24) is 10.6 Å². The fourth-order valence-corrected chi connectivity index (χ4v) is 1.67. The fraction of sp³-hybridized carbons (Fsp3) is 0.900. The molecule has 0 saturated carbocycles. The van der Waals surface area contributed by atoms with Crippen LogP contribution in [0.1, 0.15) is 26.7 Å². The summed E-state index contributed by atoms with van der Waals surface area (Å²) >= 11 is 0. The maximum atomic E-state index is 11.4. The highest BCUT2D eigenvalue weighted by molar-refractivity contribution is 5.74. The zero-order chi connectivity index (χ0) is 11.3. The van der Waals surface area contributed by atoms with Crippen molar-refractivity contribution in [1.29, 1.82) is 0 Å². The molecule has 5 heteroatoms. The van der Waals surface area contributed by atoms with Crippen LogP contribution in [0.4, 0.5) is 4.79 Å². The van der Waals surface area contributed by atoms with Gasteiger partial charge >= 0.3 is 6.03 Å². The summed E-state index contributed by atoms with van der Waals surface area (Å²) in [4.78, 5) is 11.4. The maximum absolute atomic E-state index is 11.4. The second kappa shape index (κ2) is 5.92. The van der Waals surface area contributed by atoms with Crippen LogP contribution in [0.3, 0.4) is 0 Å². The maximum Gasteiger partial charge on any atom is 0.315 e. The van der Waals surface area contributed by atoms with Gasteiger partial charge in [-0.25, -0.2) is 4.79 Å².